The first-order valence-corrected chi connectivity index (χ1v) is 7.58. The average Bonchev–Trinajstić information content (AvgIpc) is 3.02. The minimum atomic E-state index is -0.0965. The Bertz CT molecular complexity index is 684. The Labute approximate surface area is 130 Å². The fourth-order valence-electron chi connectivity index (χ4n) is 2.30. The highest BCUT2D eigenvalue weighted by atomic mass is 35.5. The van der Waals surface area contributed by atoms with Crippen LogP contribution in [0.2, 0.25) is 4.34 Å². The van der Waals surface area contributed by atoms with Crippen LogP contribution < -0.4 is 9.91 Å². The quantitative estimate of drug-likeness (QED) is 0.807. The van der Waals surface area contributed by atoms with Gasteiger partial charge in [-0.15, -0.1) is 11.3 Å². The summed E-state index contributed by atoms with van der Waals surface area (Å²) in [5.41, 5.74) is 0.696. The summed E-state index contributed by atoms with van der Waals surface area (Å²) in [5.74, 6) is 0.275. The molecule has 0 radical (unpaired) electrons. The van der Waals surface area contributed by atoms with E-state index in [0.29, 0.717) is 29.1 Å². The standard InChI is InChI=1S/C13H13ClN4O2S/c1-8(19)16-5-6-17(9(2)20)18-7-10(15-13(16)18)11-3-4-12(14)21-11/h3-4,7H,5-6H2,1-2H3. The zero-order valence-electron chi connectivity index (χ0n) is 11.5. The summed E-state index contributed by atoms with van der Waals surface area (Å²) in [6.45, 7) is 3.87. The smallest absolute Gasteiger partial charge is 0.238 e. The Morgan fingerprint density at radius 2 is 2.00 bits per heavy atom. The number of nitrogens with zero attached hydrogens (tertiary/aromatic N) is 4. The Balaban J connectivity index is 2.10. The van der Waals surface area contributed by atoms with E-state index in [-0.39, 0.29) is 11.8 Å². The highest BCUT2D eigenvalue weighted by molar-refractivity contribution is 7.19. The lowest BCUT2D eigenvalue weighted by Crippen LogP contribution is -2.51. The Hall–Kier alpha value is -1.86. The molecule has 2 amide bonds. The van der Waals surface area contributed by atoms with E-state index >= 15 is 0 Å². The number of rotatable bonds is 1. The fourth-order valence-corrected chi connectivity index (χ4v) is 3.30. The third kappa shape index (κ3) is 2.43. The van der Waals surface area contributed by atoms with Gasteiger partial charge in [0, 0.05) is 20.4 Å². The van der Waals surface area contributed by atoms with Crippen LogP contribution in [0.1, 0.15) is 13.8 Å². The van der Waals surface area contributed by atoms with Crippen molar-refractivity contribution in [1.29, 1.82) is 0 Å². The second-order valence-corrected chi connectivity index (χ2v) is 6.40. The molecular formula is C13H13ClN4O2S. The minimum Gasteiger partial charge on any atom is -0.279 e. The summed E-state index contributed by atoms with van der Waals surface area (Å²) in [7, 11) is 0. The number of carbonyl (C=O) groups is 2. The molecule has 2 aromatic heterocycles. The molecule has 0 atom stereocenters. The van der Waals surface area contributed by atoms with Crippen LogP contribution in [0.25, 0.3) is 10.6 Å². The Morgan fingerprint density at radius 3 is 2.57 bits per heavy atom. The zero-order valence-corrected chi connectivity index (χ0v) is 13.1. The van der Waals surface area contributed by atoms with Crippen LogP contribution in [0.3, 0.4) is 0 Å². The van der Waals surface area contributed by atoms with E-state index in [2.05, 4.69) is 4.98 Å². The minimum absolute atomic E-state index is 0.0902. The van der Waals surface area contributed by atoms with Crippen LogP contribution in [0.15, 0.2) is 18.3 Å². The van der Waals surface area contributed by atoms with Gasteiger partial charge >= 0.3 is 0 Å². The normalized spacial score (nSPS) is 14.2. The lowest BCUT2D eigenvalue weighted by Gasteiger charge is -2.33. The number of carbonyl (C=O) groups excluding carboxylic acids is 2. The van der Waals surface area contributed by atoms with Gasteiger partial charge in [-0.05, 0) is 12.1 Å². The highest BCUT2D eigenvalue weighted by Gasteiger charge is 2.29. The molecule has 110 valence electrons. The van der Waals surface area contributed by atoms with Crippen molar-refractivity contribution in [2.45, 2.75) is 13.8 Å². The third-order valence-electron chi connectivity index (χ3n) is 3.28. The van der Waals surface area contributed by atoms with Crippen molar-refractivity contribution in [2.24, 2.45) is 0 Å². The molecule has 0 N–H and O–H groups in total. The third-order valence-corrected chi connectivity index (χ3v) is 4.53. The van der Waals surface area contributed by atoms with Crippen LogP contribution in [0.4, 0.5) is 5.95 Å². The van der Waals surface area contributed by atoms with E-state index in [1.54, 1.807) is 26.8 Å². The highest BCUT2D eigenvalue weighted by Crippen LogP contribution is 2.32. The van der Waals surface area contributed by atoms with Gasteiger partial charge in [0.25, 0.3) is 0 Å². The van der Waals surface area contributed by atoms with Crippen LogP contribution in [0, 0.1) is 0 Å². The van der Waals surface area contributed by atoms with E-state index in [1.807, 2.05) is 6.07 Å². The van der Waals surface area contributed by atoms with Gasteiger partial charge in [0.1, 0.15) is 5.69 Å². The number of amides is 2. The summed E-state index contributed by atoms with van der Waals surface area (Å²) in [4.78, 5) is 30.4. The molecule has 2 aromatic rings. The predicted octanol–water partition coefficient (Wildman–Crippen LogP) is 2.12. The fraction of sp³-hybridized carbons (Fsp3) is 0.308. The van der Waals surface area contributed by atoms with Crippen LogP contribution in [-0.4, -0.2) is 34.6 Å². The molecule has 0 spiro atoms. The molecular weight excluding hydrogens is 312 g/mol. The van der Waals surface area contributed by atoms with Crippen LogP contribution in [-0.2, 0) is 9.59 Å². The lowest BCUT2D eigenvalue weighted by atomic mass is 10.4. The van der Waals surface area contributed by atoms with Gasteiger partial charge in [-0.25, -0.2) is 14.7 Å². The van der Waals surface area contributed by atoms with Gasteiger partial charge in [0.15, 0.2) is 0 Å². The van der Waals surface area contributed by atoms with Crippen molar-refractivity contribution < 1.29 is 9.59 Å². The number of thiophene rings is 1. The molecule has 0 aromatic carbocycles. The molecule has 8 heteroatoms. The number of hydrogen-bond acceptors (Lipinski definition) is 4. The van der Waals surface area contributed by atoms with Crippen molar-refractivity contribution in [3.63, 3.8) is 0 Å². The molecule has 0 bridgehead atoms. The van der Waals surface area contributed by atoms with Gasteiger partial charge in [0.05, 0.1) is 22.0 Å². The molecule has 0 unspecified atom stereocenters. The van der Waals surface area contributed by atoms with Crippen LogP contribution >= 0.6 is 22.9 Å². The summed E-state index contributed by atoms with van der Waals surface area (Å²) in [6, 6.07) is 3.67. The average molecular weight is 325 g/mol. The number of fused-ring (bicyclic) bond motifs is 1. The van der Waals surface area contributed by atoms with Gasteiger partial charge in [-0.2, -0.15) is 0 Å². The van der Waals surface area contributed by atoms with E-state index in [4.69, 9.17) is 11.6 Å². The SMILES string of the molecule is CC(=O)N1CCN(C(C)=O)n2cc(-c3ccc(Cl)s3)nc21. The van der Waals surface area contributed by atoms with E-state index in [9.17, 15) is 9.59 Å². The Kier molecular flexibility index (Phi) is 3.46. The molecule has 1 aliphatic heterocycles. The number of hydrogen-bond donors (Lipinski definition) is 0. The van der Waals surface area contributed by atoms with Gasteiger partial charge in [0.2, 0.25) is 17.8 Å². The second-order valence-electron chi connectivity index (χ2n) is 4.69. The molecule has 1 aliphatic rings. The predicted molar refractivity (Wildman–Crippen MR) is 82.3 cm³/mol. The van der Waals surface area contributed by atoms with Crippen molar-refractivity contribution >= 4 is 40.7 Å². The zero-order chi connectivity index (χ0) is 15.1. The maximum atomic E-state index is 11.7. The molecule has 0 saturated carbocycles. The van der Waals surface area contributed by atoms with Gasteiger partial charge in [-0.3, -0.25) is 14.5 Å². The molecule has 0 saturated heterocycles. The summed E-state index contributed by atoms with van der Waals surface area (Å²) < 4.78 is 2.30. The van der Waals surface area contributed by atoms with Crippen molar-refractivity contribution in [1.82, 2.24) is 9.66 Å². The maximum Gasteiger partial charge on any atom is 0.238 e. The molecule has 0 fully saturated rings. The number of anilines is 1. The molecule has 6 nitrogen and oxygen atoms in total. The van der Waals surface area contributed by atoms with E-state index in [1.165, 1.54) is 25.2 Å². The first-order valence-electron chi connectivity index (χ1n) is 6.39. The number of aromatic nitrogens is 2. The van der Waals surface area contributed by atoms with Gasteiger partial charge in [-0.1, -0.05) is 11.6 Å². The summed E-state index contributed by atoms with van der Waals surface area (Å²) >= 11 is 7.36. The summed E-state index contributed by atoms with van der Waals surface area (Å²) in [6.07, 6.45) is 1.76. The molecule has 0 aliphatic carbocycles. The largest absolute Gasteiger partial charge is 0.279 e. The van der Waals surface area contributed by atoms with Crippen molar-refractivity contribution in [3.8, 4) is 10.6 Å². The van der Waals surface area contributed by atoms with Gasteiger partial charge < -0.3 is 0 Å². The summed E-state index contributed by atoms with van der Waals surface area (Å²) in [5, 5.41) is 1.57. The Morgan fingerprint density at radius 1 is 1.24 bits per heavy atom. The second kappa shape index (κ2) is 5.16. The number of halogens is 1. The lowest BCUT2D eigenvalue weighted by molar-refractivity contribution is -0.119. The topological polar surface area (TPSA) is 58.4 Å². The number of imidazole rings is 1. The monoisotopic (exact) mass is 324 g/mol. The first kappa shape index (κ1) is 14.1. The maximum absolute atomic E-state index is 11.7. The van der Waals surface area contributed by atoms with E-state index in [0.717, 1.165) is 4.88 Å². The van der Waals surface area contributed by atoms with Crippen molar-refractivity contribution in [2.75, 3.05) is 23.0 Å². The van der Waals surface area contributed by atoms with Crippen molar-refractivity contribution in [3.05, 3.63) is 22.7 Å². The first-order chi connectivity index (χ1) is 9.97. The van der Waals surface area contributed by atoms with Crippen LogP contribution in [0.5, 0.6) is 0 Å². The molecule has 3 rings (SSSR count). The van der Waals surface area contributed by atoms with E-state index < -0.39 is 0 Å². The molecule has 3 heterocycles. The molecule has 21 heavy (non-hydrogen) atoms.